The van der Waals surface area contributed by atoms with E-state index in [0.717, 1.165) is 173 Å². The smallest absolute Gasteiger partial charge is 0.337 e. The van der Waals surface area contributed by atoms with Crippen molar-refractivity contribution >= 4 is 46.5 Å². The van der Waals surface area contributed by atoms with Crippen LogP contribution in [-0.2, 0) is 19.1 Å². The summed E-state index contributed by atoms with van der Waals surface area (Å²) in [6.45, 7) is 34.7. The summed E-state index contributed by atoms with van der Waals surface area (Å²) >= 11 is 0. The number of nitrogens with zero attached hydrogens (tertiary/aromatic N) is 9. The third kappa shape index (κ3) is 15.9. The predicted molar refractivity (Wildman–Crippen MR) is 380 cm³/mol. The van der Waals surface area contributed by atoms with Crippen molar-refractivity contribution < 1.29 is 43.5 Å². The van der Waals surface area contributed by atoms with Crippen molar-refractivity contribution in [3.8, 4) is 56.3 Å². The summed E-state index contributed by atoms with van der Waals surface area (Å²) in [5.74, 6) is 0.300. The monoisotopic (exact) mass is 1320 g/mol. The maximum absolute atomic E-state index is 12.9. The van der Waals surface area contributed by atoms with Gasteiger partial charge in [0.15, 0.2) is 29.2 Å². The second-order valence-corrected chi connectivity index (χ2v) is 30.0. The zero-order valence-electron chi connectivity index (χ0n) is 58.6. The molecular weight excluding hydrogens is 1220 g/mol. The number of carboxylic acids is 2. The molecule has 0 aliphatic carbocycles. The van der Waals surface area contributed by atoms with Crippen LogP contribution in [0, 0.1) is 31.2 Å². The lowest BCUT2D eigenvalue weighted by Crippen LogP contribution is -2.41. The van der Waals surface area contributed by atoms with Gasteiger partial charge < -0.3 is 44.7 Å². The number of primary amides is 1. The third-order valence-electron chi connectivity index (χ3n) is 19.8. The highest BCUT2D eigenvalue weighted by molar-refractivity contribution is 5.95. The predicted octanol–water partition coefficient (Wildman–Crippen LogP) is 17.0. The van der Waals surface area contributed by atoms with Crippen molar-refractivity contribution in [3.05, 3.63) is 137 Å². The Morgan fingerprint density at radius 1 is 0.577 bits per heavy atom. The number of fused-ring (bicyclic) bond motifs is 16. The molecule has 4 aromatic carbocycles. The van der Waals surface area contributed by atoms with E-state index in [4.69, 9.17) is 51.4 Å². The number of benzene rings is 4. The molecule has 6 aliphatic rings. The number of ether oxygens (including phenoxy) is 4. The van der Waals surface area contributed by atoms with Gasteiger partial charge in [0, 0.05) is 77.5 Å². The summed E-state index contributed by atoms with van der Waals surface area (Å²) < 4.78 is 29.1. The van der Waals surface area contributed by atoms with Gasteiger partial charge in [-0.25, -0.2) is 24.4 Å². The molecule has 6 aliphatic heterocycles. The van der Waals surface area contributed by atoms with Crippen LogP contribution >= 0.6 is 0 Å². The highest BCUT2D eigenvalue weighted by Gasteiger charge is 2.40. The van der Waals surface area contributed by atoms with Crippen LogP contribution in [-0.4, -0.2) is 107 Å². The quantitative estimate of drug-likeness (QED) is 0.126. The molecule has 4 aromatic heterocycles. The van der Waals surface area contributed by atoms with Crippen LogP contribution in [0.2, 0.25) is 0 Å². The number of aromatic nitrogens is 6. The fraction of sp³-hybridized carbons (Fsp3) is 0.487. The standard InChI is InChI=1S/C39H49N5O5.C39H47N5O4/c1-24-11-8-7-9-16-39(6)17-19-43(20-18-39)36-33(34(37(46)47)49-38(3,4)5)25(2)41-32-23-30(42-44(32)36)27-13-10-12-26(21-27)29-22-28(35(40)45)14-15-31(29)48-24;1-25-12-9-8-10-17-39(6)18-20-43(21-19-39)36-34(35(37(45)46)48-38(3,4)5)26(2)41-33-24-31(42-44(33)36)28-14-11-13-27(22-28)30-23-29(40-7)15-16-32(30)47-25/h10,12-15,21-24,34H,7-9,11,16-20H2,1-6H3,(H2,40,45)(H,46,47);11,13-16,22-25,35H,8-10,12,17-21H2,1-6H3,(H,45,46)/t24-,34+;25-,35+/m11/s1. The molecule has 0 saturated carbocycles. The van der Waals surface area contributed by atoms with E-state index in [0.29, 0.717) is 56.5 Å². The second kappa shape index (κ2) is 28.3. The van der Waals surface area contributed by atoms with E-state index in [2.05, 4.69) is 48.4 Å². The van der Waals surface area contributed by atoms with Gasteiger partial charge in [0.05, 0.1) is 52.5 Å². The van der Waals surface area contributed by atoms with Crippen LogP contribution in [0.4, 0.5) is 17.3 Å². The Morgan fingerprint density at radius 2 is 0.990 bits per heavy atom. The molecule has 4 atom stereocenters. The minimum atomic E-state index is -1.22. The average Bonchev–Trinajstić information content (AvgIpc) is 1.71. The molecule has 97 heavy (non-hydrogen) atoms. The molecule has 4 N–H and O–H groups in total. The van der Waals surface area contributed by atoms with Crippen LogP contribution < -0.4 is 25.0 Å². The number of hydrogen-bond acceptors (Lipinski definition) is 13. The number of hydrogen-bond donors (Lipinski definition) is 3. The highest BCUT2D eigenvalue weighted by atomic mass is 16.5. The molecule has 8 aromatic rings. The fourth-order valence-corrected chi connectivity index (χ4v) is 14.4. The van der Waals surface area contributed by atoms with Crippen molar-refractivity contribution in [2.45, 2.75) is 209 Å². The van der Waals surface area contributed by atoms with Crippen molar-refractivity contribution in [1.82, 2.24) is 29.2 Å². The topological polar surface area (TPSA) is 226 Å². The van der Waals surface area contributed by atoms with Crippen molar-refractivity contribution in [2.24, 2.45) is 16.6 Å². The van der Waals surface area contributed by atoms with Crippen LogP contribution in [0.25, 0.3) is 60.9 Å². The van der Waals surface area contributed by atoms with E-state index in [9.17, 15) is 24.6 Å². The summed E-state index contributed by atoms with van der Waals surface area (Å²) in [6.07, 6.45) is 12.5. The highest BCUT2D eigenvalue weighted by Crippen LogP contribution is 2.46. The number of aliphatic carboxylic acids is 2. The van der Waals surface area contributed by atoms with Gasteiger partial charge in [-0.3, -0.25) is 4.79 Å². The molecule has 0 spiro atoms. The normalized spacial score (nSPS) is 20.9. The molecule has 19 nitrogen and oxygen atoms in total. The van der Waals surface area contributed by atoms with Crippen LogP contribution in [0.3, 0.4) is 0 Å². The Balaban J connectivity index is 0.000000197. The molecule has 12 bridgehead atoms. The number of aryl methyl sites for hydroxylation is 2. The van der Waals surface area contributed by atoms with Gasteiger partial charge in [-0.2, -0.15) is 19.2 Å². The Bertz CT molecular complexity index is 4270. The zero-order chi connectivity index (χ0) is 69.3. The summed E-state index contributed by atoms with van der Waals surface area (Å²) in [7, 11) is 0. The molecule has 2 saturated heterocycles. The molecular formula is C78H96N10O9. The molecule has 19 heteroatoms. The summed E-state index contributed by atoms with van der Waals surface area (Å²) in [4.78, 5) is 56.0. The number of anilines is 2. The minimum Gasteiger partial charge on any atom is -0.490 e. The van der Waals surface area contributed by atoms with Gasteiger partial charge >= 0.3 is 11.9 Å². The number of nitrogens with two attached hydrogens (primary N) is 1. The number of amides is 1. The summed E-state index contributed by atoms with van der Waals surface area (Å²) in [5, 5.41) is 31.2. The maximum atomic E-state index is 12.9. The van der Waals surface area contributed by atoms with E-state index < -0.39 is 41.3 Å². The van der Waals surface area contributed by atoms with E-state index in [1.54, 1.807) is 16.6 Å². The van der Waals surface area contributed by atoms with E-state index >= 15 is 0 Å². The maximum Gasteiger partial charge on any atom is 0.337 e. The summed E-state index contributed by atoms with van der Waals surface area (Å²) in [6, 6.07) is 30.9. The number of rotatable bonds is 7. The average molecular weight is 1320 g/mol. The van der Waals surface area contributed by atoms with Gasteiger partial charge in [0.25, 0.3) is 0 Å². The first-order valence-corrected chi connectivity index (χ1v) is 34.7. The number of piperidine rings is 2. The molecule has 1 amide bonds. The Hall–Kier alpha value is -8.86. The lowest BCUT2D eigenvalue weighted by Gasteiger charge is -2.41. The van der Waals surface area contributed by atoms with Crippen molar-refractivity contribution in [3.63, 3.8) is 0 Å². The third-order valence-corrected chi connectivity index (χ3v) is 19.8. The molecule has 512 valence electrons. The fourth-order valence-electron chi connectivity index (χ4n) is 14.4. The molecule has 0 unspecified atom stereocenters. The molecule has 10 heterocycles. The van der Waals surface area contributed by atoms with Crippen LogP contribution in [0.15, 0.2) is 97.1 Å². The second-order valence-electron chi connectivity index (χ2n) is 30.0. The van der Waals surface area contributed by atoms with E-state index in [1.165, 1.54) is 0 Å². The lowest BCUT2D eigenvalue weighted by atomic mass is 9.76. The number of carboxylic acid groups (broad SMARTS) is 2. The van der Waals surface area contributed by atoms with Crippen LogP contribution in [0.1, 0.15) is 204 Å². The van der Waals surface area contributed by atoms with Gasteiger partial charge in [0.1, 0.15) is 23.1 Å². The van der Waals surface area contributed by atoms with Crippen LogP contribution in [0.5, 0.6) is 11.5 Å². The number of carbonyl (C=O) groups excluding carboxylic acids is 1. The Labute approximate surface area is 570 Å². The first kappa shape index (κ1) is 69.5. The van der Waals surface area contributed by atoms with Crippen molar-refractivity contribution in [1.29, 1.82) is 0 Å². The SMILES string of the molecule is Cc1nc2cc3nn2c(c1[C@H](OC(C)(C)C)C(=O)O)N1CCC(C)(CCCCC[C@@H](C)Oc2ccc(C(N)=O)cc2-c2cccc-3c2)CC1.[C-]#[N+]c1ccc2c(c1)-c1cccc(c1)-c1cc3nc(C)c([C@H](OC(C)(C)C)C(=O)O)c(n3n1)N1CCC(C)(CCCCC[C@@H](C)O2)CC1. The number of carbonyl (C=O) groups is 3. The van der Waals surface area contributed by atoms with Gasteiger partial charge in [-0.1, -0.05) is 82.0 Å². The minimum absolute atomic E-state index is 0.00282. The zero-order valence-corrected chi connectivity index (χ0v) is 58.6. The van der Waals surface area contributed by atoms with Gasteiger partial charge in [-0.05, 0) is 198 Å². The Kier molecular flexibility index (Phi) is 20.3. The molecule has 2 fully saturated rings. The Morgan fingerprint density at radius 3 is 1.39 bits per heavy atom. The molecule has 0 radical (unpaired) electrons. The molecule has 14 rings (SSSR count). The van der Waals surface area contributed by atoms with E-state index in [-0.39, 0.29) is 23.0 Å². The van der Waals surface area contributed by atoms with E-state index in [1.807, 2.05) is 139 Å². The van der Waals surface area contributed by atoms with Gasteiger partial charge in [0.2, 0.25) is 5.91 Å². The van der Waals surface area contributed by atoms with Crippen molar-refractivity contribution in [2.75, 3.05) is 36.0 Å². The first-order valence-electron chi connectivity index (χ1n) is 34.7. The first-order chi connectivity index (χ1) is 46.0. The van der Waals surface area contributed by atoms with Gasteiger partial charge in [-0.15, -0.1) is 0 Å². The summed E-state index contributed by atoms with van der Waals surface area (Å²) in [5.41, 5.74) is 15.8. The lowest BCUT2D eigenvalue weighted by molar-refractivity contribution is -0.161. The largest absolute Gasteiger partial charge is 0.490 e.